The van der Waals surface area contributed by atoms with Crippen molar-refractivity contribution in [1.82, 2.24) is 30.4 Å². The van der Waals surface area contributed by atoms with Crippen LogP contribution in [-0.2, 0) is 6.54 Å². The van der Waals surface area contributed by atoms with Gasteiger partial charge in [0.1, 0.15) is 11.6 Å². The van der Waals surface area contributed by atoms with E-state index >= 15 is 0 Å². The second kappa shape index (κ2) is 4.06. The van der Waals surface area contributed by atoms with Crippen molar-refractivity contribution in [2.45, 2.75) is 20.4 Å². The van der Waals surface area contributed by atoms with Crippen molar-refractivity contribution in [2.24, 2.45) is 0 Å². The van der Waals surface area contributed by atoms with Gasteiger partial charge in [0.15, 0.2) is 5.65 Å². The monoisotopic (exact) mass is 245 g/mol. The summed E-state index contributed by atoms with van der Waals surface area (Å²) in [5.41, 5.74) is 2.52. The standard InChI is InChI=1S/C10H11N7O/c1-6-8(7(2)18-14-6)5-11-9-3-4-10-12-15-16-17(10)13-9/h3-4H,5H2,1-2H3,(H,11,13). The molecule has 0 saturated heterocycles. The third-order valence-electron chi connectivity index (χ3n) is 2.70. The molecule has 0 unspecified atom stereocenters. The van der Waals surface area contributed by atoms with Gasteiger partial charge in [0.25, 0.3) is 0 Å². The molecule has 3 aromatic rings. The number of hydrogen-bond donors (Lipinski definition) is 1. The molecule has 8 nitrogen and oxygen atoms in total. The molecule has 0 aliphatic carbocycles. The van der Waals surface area contributed by atoms with E-state index in [1.807, 2.05) is 19.9 Å². The lowest BCUT2D eigenvalue weighted by Gasteiger charge is -2.04. The molecule has 3 aromatic heterocycles. The van der Waals surface area contributed by atoms with Crippen molar-refractivity contribution in [3.8, 4) is 0 Å². The van der Waals surface area contributed by atoms with Crippen molar-refractivity contribution >= 4 is 11.5 Å². The highest BCUT2D eigenvalue weighted by atomic mass is 16.5. The summed E-state index contributed by atoms with van der Waals surface area (Å²) in [5, 5.41) is 22.3. The SMILES string of the molecule is Cc1noc(C)c1CNc1ccc2nnnn2n1. The molecule has 0 amide bonds. The number of tetrazole rings is 1. The Balaban J connectivity index is 1.80. The zero-order valence-electron chi connectivity index (χ0n) is 9.95. The molecular formula is C10H11N7O. The Labute approximate surface area is 102 Å². The van der Waals surface area contributed by atoms with Crippen LogP contribution >= 0.6 is 0 Å². The first-order valence-corrected chi connectivity index (χ1v) is 5.45. The summed E-state index contributed by atoms with van der Waals surface area (Å²) < 4.78 is 6.46. The Morgan fingerprint density at radius 1 is 1.33 bits per heavy atom. The van der Waals surface area contributed by atoms with Gasteiger partial charge >= 0.3 is 0 Å². The first-order chi connectivity index (χ1) is 8.74. The Morgan fingerprint density at radius 3 is 3.00 bits per heavy atom. The number of nitrogens with zero attached hydrogens (tertiary/aromatic N) is 6. The third-order valence-corrected chi connectivity index (χ3v) is 2.70. The quantitative estimate of drug-likeness (QED) is 0.727. The van der Waals surface area contributed by atoms with Gasteiger partial charge < -0.3 is 9.84 Å². The second-order valence-electron chi connectivity index (χ2n) is 3.90. The van der Waals surface area contributed by atoms with E-state index in [0.717, 1.165) is 17.0 Å². The fourth-order valence-corrected chi connectivity index (χ4v) is 1.68. The van der Waals surface area contributed by atoms with E-state index < -0.39 is 0 Å². The van der Waals surface area contributed by atoms with Crippen LogP contribution in [-0.4, -0.2) is 30.4 Å². The van der Waals surface area contributed by atoms with Crippen LogP contribution in [0, 0.1) is 13.8 Å². The fraction of sp³-hybridized carbons (Fsp3) is 0.300. The maximum absolute atomic E-state index is 5.09. The highest BCUT2D eigenvalue weighted by molar-refractivity contribution is 5.42. The summed E-state index contributed by atoms with van der Waals surface area (Å²) >= 11 is 0. The third kappa shape index (κ3) is 1.77. The van der Waals surface area contributed by atoms with Gasteiger partial charge in [-0.1, -0.05) is 5.16 Å². The van der Waals surface area contributed by atoms with Gasteiger partial charge in [-0.25, -0.2) is 0 Å². The molecule has 0 fully saturated rings. The minimum Gasteiger partial charge on any atom is -0.364 e. The molecule has 0 radical (unpaired) electrons. The number of aryl methyl sites for hydroxylation is 2. The normalized spacial score (nSPS) is 11.0. The Hall–Kier alpha value is -2.51. The van der Waals surface area contributed by atoms with Gasteiger partial charge in [0, 0.05) is 12.1 Å². The number of rotatable bonds is 3. The van der Waals surface area contributed by atoms with Crippen molar-refractivity contribution < 1.29 is 4.52 Å². The van der Waals surface area contributed by atoms with Crippen LogP contribution in [0.5, 0.6) is 0 Å². The summed E-state index contributed by atoms with van der Waals surface area (Å²) in [5.74, 6) is 1.50. The van der Waals surface area contributed by atoms with E-state index in [4.69, 9.17) is 4.52 Å². The lowest BCUT2D eigenvalue weighted by atomic mass is 10.2. The van der Waals surface area contributed by atoms with E-state index in [9.17, 15) is 0 Å². The van der Waals surface area contributed by atoms with Gasteiger partial charge in [-0.05, 0) is 36.4 Å². The summed E-state index contributed by atoms with van der Waals surface area (Å²) in [4.78, 5) is 0. The number of aromatic nitrogens is 6. The van der Waals surface area contributed by atoms with E-state index in [-0.39, 0.29) is 0 Å². The molecule has 1 N–H and O–H groups in total. The first-order valence-electron chi connectivity index (χ1n) is 5.45. The maximum atomic E-state index is 5.09. The molecule has 0 aromatic carbocycles. The average molecular weight is 245 g/mol. The minimum absolute atomic E-state index is 0.599. The van der Waals surface area contributed by atoms with Crippen LogP contribution in [0.3, 0.4) is 0 Å². The summed E-state index contributed by atoms with van der Waals surface area (Å²) in [6.07, 6.45) is 0. The summed E-state index contributed by atoms with van der Waals surface area (Å²) in [7, 11) is 0. The molecule has 18 heavy (non-hydrogen) atoms. The van der Waals surface area contributed by atoms with Crippen LogP contribution in [0.4, 0.5) is 5.82 Å². The van der Waals surface area contributed by atoms with Gasteiger partial charge in [0.05, 0.1) is 5.69 Å². The van der Waals surface area contributed by atoms with Crippen molar-refractivity contribution in [3.63, 3.8) is 0 Å². The topological polar surface area (TPSA) is 94.0 Å². The number of fused-ring (bicyclic) bond motifs is 1. The smallest absolute Gasteiger partial charge is 0.200 e. The predicted octanol–water partition coefficient (Wildman–Crippen LogP) is 0.736. The molecule has 3 heterocycles. The Bertz CT molecular complexity index is 667. The molecule has 0 saturated carbocycles. The molecule has 0 aliphatic rings. The van der Waals surface area contributed by atoms with E-state index in [2.05, 4.69) is 31.1 Å². The highest BCUT2D eigenvalue weighted by Crippen LogP contribution is 2.14. The molecule has 3 rings (SSSR count). The van der Waals surface area contributed by atoms with E-state index in [1.54, 1.807) is 6.07 Å². The van der Waals surface area contributed by atoms with Crippen LogP contribution in [0.25, 0.3) is 5.65 Å². The number of hydrogen-bond acceptors (Lipinski definition) is 7. The van der Waals surface area contributed by atoms with Crippen molar-refractivity contribution in [3.05, 3.63) is 29.2 Å². The summed E-state index contributed by atoms with van der Waals surface area (Å²) in [6.45, 7) is 4.39. The molecule has 0 atom stereocenters. The van der Waals surface area contributed by atoms with Crippen LogP contribution in [0.15, 0.2) is 16.7 Å². The molecule has 92 valence electrons. The van der Waals surface area contributed by atoms with Gasteiger partial charge in [0.2, 0.25) is 0 Å². The average Bonchev–Trinajstić information content (AvgIpc) is 2.94. The lowest BCUT2D eigenvalue weighted by molar-refractivity contribution is 0.392. The number of nitrogens with one attached hydrogen (secondary N) is 1. The van der Waals surface area contributed by atoms with Crippen molar-refractivity contribution in [1.29, 1.82) is 0 Å². The lowest BCUT2D eigenvalue weighted by Crippen LogP contribution is -2.05. The molecule has 0 bridgehead atoms. The van der Waals surface area contributed by atoms with E-state index in [1.165, 1.54) is 4.63 Å². The second-order valence-corrected chi connectivity index (χ2v) is 3.90. The molecule has 0 spiro atoms. The molecule has 8 heteroatoms. The van der Waals surface area contributed by atoms with Gasteiger partial charge in [-0.3, -0.25) is 0 Å². The van der Waals surface area contributed by atoms with Crippen LogP contribution in [0.2, 0.25) is 0 Å². The first kappa shape index (κ1) is 10.6. The zero-order valence-corrected chi connectivity index (χ0v) is 9.95. The maximum Gasteiger partial charge on any atom is 0.200 e. The number of anilines is 1. The largest absolute Gasteiger partial charge is 0.364 e. The fourth-order valence-electron chi connectivity index (χ4n) is 1.68. The predicted molar refractivity (Wildman–Crippen MR) is 61.9 cm³/mol. The van der Waals surface area contributed by atoms with E-state index in [0.29, 0.717) is 18.0 Å². The van der Waals surface area contributed by atoms with Gasteiger partial charge in [-0.2, -0.15) is 0 Å². The molecular weight excluding hydrogens is 234 g/mol. The highest BCUT2D eigenvalue weighted by Gasteiger charge is 2.09. The van der Waals surface area contributed by atoms with Crippen LogP contribution < -0.4 is 5.32 Å². The van der Waals surface area contributed by atoms with Crippen LogP contribution in [0.1, 0.15) is 17.0 Å². The Morgan fingerprint density at radius 2 is 2.22 bits per heavy atom. The summed E-state index contributed by atoms with van der Waals surface area (Å²) in [6, 6.07) is 3.62. The Kier molecular flexibility index (Phi) is 2.40. The molecule has 0 aliphatic heterocycles. The van der Waals surface area contributed by atoms with Crippen molar-refractivity contribution in [2.75, 3.05) is 5.32 Å². The zero-order chi connectivity index (χ0) is 12.5. The van der Waals surface area contributed by atoms with Gasteiger partial charge in [-0.15, -0.1) is 14.8 Å². The minimum atomic E-state index is 0.599.